The Balaban J connectivity index is 1.58. The van der Waals surface area contributed by atoms with Gasteiger partial charge in [0.15, 0.2) is 0 Å². The summed E-state index contributed by atoms with van der Waals surface area (Å²) in [5, 5.41) is 9.20. The maximum absolute atomic E-state index is 12.6. The summed E-state index contributed by atoms with van der Waals surface area (Å²) >= 11 is 1.29. The Kier molecular flexibility index (Phi) is 6.15. The molecule has 30 heavy (non-hydrogen) atoms. The van der Waals surface area contributed by atoms with Crippen molar-refractivity contribution < 1.29 is 4.79 Å². The number of benzene rings is 3. The van der Waals surface area contributed by atoms with E-state index in [1.165, 1.54) is 11.8 Å². The second kappa shape index (κ2) is 9.33. The molecule has 0 atom stereocenters. The van der Waals surface area contributed by atoms with Gasteiger partial charge in [0.05, 0.1) is 5.75 Å². The number of carbonyl (C=O) groups is 1. The molecule has 0 N–H and O–H groups in total. The Morgan fingerprint density at radius 1 is 0.767 bits per heavy atom. The van der Waals surface area contributed by atoms with Gasteiger partial charge in [-0.2, -0.15) is 0 Å². The molecule has 0 aliphatic rings. The smallest absolute Gasteiger partial charge is 0.237 e. The van der Waals surface area contributed by atoms with Crippen LogP contribution in [0.1, 0.15) is 0 Å². The fourth-order valence-electron chi connectivity index (χ4n) is 2.98. The van der Waals surface area contributed by atoms with Crippen LogP contribution in [0.15, 0.2) is 96.2 Å². The zero-order valence-corrected chi connectivity index (χ0v) is 17.3. The Morgan fingerprint density at radius 2 is 1.30 bits per heavy atom. The SMILES string of the molecule is CN(C(=O)CSc1nnc(-c2ccccc2)c(-c2ccccc2)n1)c1ccccc1. The van der Waals surface area contributed by atoms with Crippen LogP contribution in [0.5, 0.6) is 0 Å². The molecule has 1 aromatic heterocycles. The molecule has 0 spiro atoms. The average molecular weight is 413 g/mol. The molecule has 0 unspecified atom stereocenters. The van der Waals surface area contributed by atoms with Crippen molar-refractivity contribution in [3.63, 3.8) is 0 Å². The summed E-state index contributed by atoms with van der Waals surface area (Å²) < 4.78 is 0. The van der Waals surface area contributed by atoms with Crippen LogP contribution in [0.4, 0.5) is 5.69 Å². The topological polar surface area (TPSA) is 59.0 Å². The fourth-order valence-corrected chi connectivity index (χ4v) is 3.68. The van der Waals surface area contributed by atoms with E-state index in [1.807, 2.05) is 91.0 Å². The minimum Gasteiger partial charge on any atom is -0.315 e. The third-order valence-corrected chi connectivity index (χ3v) is 5.43. The highest BCUT2D eigenvalue weighted by Gasteiger charge is 2.16. The molecule has 3 aromatic carbocycles. The van der Waals surface area contributed by atoms with Gasteiger partial charge in [0.1, 0.15) is 11.4 Å². The summed E-state index contributed by atoms with van der Waals surface area (Å²) in [6.45, 7) is 0. The van der Waals surface area contributed by atoms with Crippen molar-refractivity contribution in [1.29, 1.82) is 0 Å². The normalized spacial score (nSPS) is 10.6. The molecule has 4 aromatic rings. The molecule has 0 radical (unpaired) electrons. The fraction of sp³-hybridized carbons (Fsp3) is 0.0833. The molecule has 148 valence electrons. The van der Waals surface area contributed by atoms with Gasteiger partial charge < -0.3 is 4.90 Å². The molecule has 0 bridgehead atoms. The summed E-state index contributed by atoms with van der Waals surface area (Å²) in [5.74, 6) is 0.203. The van der Waals surface area contributed by atoms with E-state index in [9.17, 15) is 4.79 Å². The van der Waals surface area contributed by atoms with Gasteiger partial charge in [-0.15, -0.1) is 10.2 Å². The number of hydrogen-bond donors (Lipinski definition) is 0. The van der Waals surface area contributed by atoms with E-state index < -0.39 is 0 Å². The molecule has 0 saturated carbocycles. The average Bonchev–Trinajstić information content (AvgIpc) is 2.83. The molecule has 5 nitrogen and oxygen atoms in total. The van der Waals surface area contributed by atoms with Gasteiger partial charge >= 0.3 is 0 Å². The molecule has 1 heterocycles. The summed E-state index contributed by atoms with van der Waals surface area (Å²) in [6, 6.07) is 29.3. The molecule has 0 aliphatic heterocycles. The first-order chi connectivity index (χ1) is 14.7. The van der Waals surface area contributed by atoms with Crippen molar-refractivity contribution in [3.8, 4) is 22.5 Å². The molecule has 4 rings (SSSR count). The first-order valence-corrected chi connectivity index (χ1v) is 10.5. The lowest BCUT2D eigenvalue weighted by Crippen LogP contribution is -2.27. The Hall–Kier alpha value is -3.51. The van der Waals surface area contributed by atoms with Gasteiger partial charge in [-0.05, 0) is 12.1 Å². The zero-order valence-electron chi connectivity index (χ0n) is 16.5. The Morgan fingerprint density at radius 3 is 1.90 bits per heavy atom. The van der Waals surface area contributed by atoms with Crippen molar-refractivity contribution >= 4 is 23.4 Å². The van der Waals surface area contributed by atoms with Crippen molar-refractivity contribution in [3.05, 3.63) is 91.0 Å². The van der Waals surface area contributed by atoms with Crippen LogP contribution in [0.2, 0.25) is 0 Å². The lowest BCUT2D eigenvalue weighted by atomic mass is 10.0. The highest BCUT2D eigenvalue weighted by Crippen LogP contribution is 2.29. The van der Waals surface area contributed by atoms with E-state index >= 15 is 0 Å². The number of anilines is 1. The zero-order chi connectivity index (χ0) is 20.8. The quantitative estimate of drug-likeness (QED) is 0.419. The highest BCUT2D eigenvalue weighted by atomic mass is 32.2. The van der Waals surface area contributed by atoms with Gasteiger partial charge in [-0.1, -0.05) is 90.6 Å². The molecule has 1 amide bonds. The van der Waals surface area contributed by atoms with E-state index in [0.29, 0.717) is 5.16 Å². The number of rotatable bonds is 6. The van der Waals surface area contributed by atoms with Crippen molar-refractivity contribution in [2.75, 3.05) is 17.7 Å². The predicted octanol–water partition coefficient (Wildman–Crippen LogP) is 4.96. The lowest BCUT2D eigenvalue weighted by Gasteiger charge is -2.16. The number of nitrogens with zero attached hydrogens (tertiary/aromatic N) is 4. The third-order valence-electron chi connectivity index (χ3n) is 4.60. The number of carbonyl (C=O) groups excluding carboxylic acids is 1. The largest absolute Gasteiger partial charge is 0.315 e. The van der Waals surface area contributed by atoms with Gasteiger partial charge in [-0.25, -0.2) is 4.98 Å². The first kappa shape index (κ1) is 19.8. The molecule has 0 aliphatic carbocycles. The van der Waals surface area contributed by atoms with Gasteiger partial charge in [0.2, 0.25) is 11.1 Å². The minimum atomic E-state index is -0.0248. The van der Waals surface area contributed by atoms with Crippen LogP contribution in [-0.4, -0.2) is 33.9 Å². The number of hydrogen-bond acceptors (Lipinski definition) is 5. The summed E-state index contributed by atoms with van der Waals surface area (Å²) in [4.78, 5) is 19.0. The third kappa shape index (κ3) is 4.55. The van der Waals surface area contributed by atoms with E-state index in [4.69, 9.17) is 4.98 Å². The lowest BCUT2D eigenvalue weighted by molar-refractivity contribution is -0.115. The molecule has 0 saturated heterocycles. The maximum atomic E-state index is 12.6. The number of amides is 1. The minimum absolute atomic E-state index is 0.0248. The second-order valence-corrected chi connectivity index (χ2v) is 7.54. The number of aromatic nitrogens is 3. The summed E-state index contributed by atoms with van der Waals surface area (Å²) in [5.41, 5.74) is 4.24. The van der Waals surface area contributed by atoms with Crippen LogP contribution in [0.3, 0.4) is 0 Å². The van der Waals surface area contributed by atoms with E-state index in [-0.39, 0.29) is 11.7 Å². The van der Waals surface area contributed by atoms with Crippen LogP contribution in [0.25, 0.3) is 22.5 Å². The van der Waals surface area contributed by atoms with Gasteiger partial charge in [-0.3, -0.25) is 4.79 Å². The second-order valence-electron chi connectivity index (χ2n) is 6.60. The van der Waals surface area contributed by atoms with Crippen molar-refractivity contribution in [1.82, 2.24) is 15.2 Å². The van der Waals surface area contributed by atoms with E-state index in [1.54, 1.807) is 11.9 Å². The molecular weight excluding hydrogens is 392 g/mol. The summed E-state index contributed by atoms with van der Waals surface area (Å²) in [6.07, 6.45) is 0. The van der Waals surface area contributed by atoms with E-state index in [2.05, 4.69) is 10.2 Å². The van der Waals surface area contributed by atoms with Crippen LogP contribution in [0, 0.1) is 0 Å². The summed E-state index contributed by atoms with van der Waals surface area (Å²) in [7, 11) is 1.77. The van der Waals surface area contributed by atoms with Crippen molar-refractivity contribution in [2.24, 2.45) is 0 Å². The highest BCUT2D eigenvalue weighted by molar-refractivity contribution is 7.99. The number of para-hydroxylation sites is 1. The van der Waals surface area contributed by atoms with E-state index in [0.717, 1.165) is 28.2 Å². The Labute approximate surface area is 179 Å². The Bertz CT molecular complexity index is 1120. The molecule has 6 heteroatoms. The molecule has 0 fully saturated rings. The standard InChI is InChI=1S/C24H20N4OS/c1-28(20-15-9-4-10-16-20)21(29)17-30-24-25-22(18-11-5-2-6-12-18)23(26-27-24)19-13-7-3-8-14-19/h2-16H,17H2,1H3. The van der Waals surface area contributed by atoms with Crippen LogP contribution >= 0.6 is 11.8 Å². The maximum Gasteiger partial charge on any atom is 0.237 e. The first-order valence-electron chi connectivity index (χ1n) is 9.52. The van der Waals surface area contributed by atoms with Crippen molar-refractivity contribution in [2.45, 2.75) is 5.16 Å². The predicted molar refractivity (Wildman–Crippen MR) is 121 cm³/mol. The van der Waals surface area contributed by atoms with Crippen LogP contribution < -0.4 is 4.90 Å². The monoisotopic (exact) mass is 412 g/mol. The van der Waals surface area contributed by atoms with Crippen LogP contribution in [-0.2, 0) is 4.79 Å². The number of thioether (sulfide) groups is 1. The molecular formula is C24H20N4OS. The van der Waals surface area contributed by atoms with Gasteiger partial charge in [0, 0.05) is 23.9 Å². The van der Waals surface area contributed by atoms with Gasteiger partial charge in [0.25, 0.3) is 0 Å².